The van der Waals surface area contributed by atoms with Crippen molar-refractivity contribution in [3.63, 3.8) is 0 Å². The van der Waals surface area contributed by atoms with Crippen molar-refractivity contribution in [3.05, 3.63) is 53.6 Å². The van der Waals surface area contributed by atoms with Gasteiger partial charge >= 0.3 is 6.03 Å². The van der Waals surface area contributed by atoms with Crippen LogP contribution in [0.4, 0.5) is 4.79 Å². The predicted molar refractivity (Wildman–Crippen MR) is 106 cm³/mol. The van der Waals surface area contributed by atoms with Crippen molar-refractivity contribution in [2.45, 2.75) is 38.3 Å². The number of primary amides is 1. The number of nitrogens with two attached hydrogens (primary N) is 1. The Morgan fingerprint density at radius 2 is 1.89 bits per heavy atom. The molecule has 0 bridgehead atoms. The van der Waals surface area contributed by atoms with Gasteiger partial charge in [0.25, 0.3) is 0 Å². The maximum absolute atomic E-state index is 12.2. The molecule has 1 aromatic heterocycles. The molecule has 1 aliphatic carbocycles. The Morgan fingerprint density at radius 1 is 1.11 bits per heavy atom. The number of benzene rings is 2. The summed E-state index contributed by atoms with van der Waals surface area (Å²) in [5, 5.41) is 10.7. The second kappa shape index (κ2) is 7.72. The fraction of sp³-hybridized carbons (Fsp3) is 0.286. The number of nitrogens with zero attached hydrogens (tertiary/aromatic N) is 1. The molecular formula is C21H22N4O3. The molecule has 0 atom stereocenters. The average molecular weight is 378 g/mol. The minimum Gasteiger partial charge on any atom is -0.366 e. The minimum absolute atomic E-state index is 0.176. The highest BCUT2D eigenvalue weighted by atomic mass is 16.5. The number of urea groups is 1. The molecule has 3 amide bonds. The molecule has 2 aromatic carbocycles. The molecule has 1 aliphatic rings. The lowest BCUT2D eigenvalue weighted by Gasteiger charge is -2.14. The SMILES string of the molecule is NC(=O)c1cccc2onc(-c3ccccc3CNC(=O)NC3CCCC3)c12. The van der Waals surface area contributed by atoms with Crippen molar-refractivity contribution in [2.24, 2.45) is 5.73 Å². The van der Waals surface area contributed by atoms with Crippen LogP contribution in [0.15, 0.2) is 47.0 Å². The molecule has 7 nitrogen and oxygen atoms in total. The van der Waals surface area contributed by atoms with Gasteiger partial charge in [-0.25, -0.2) is 4.79 Å². The second-order valence-electron chi connectivity index (χ2n) is 7.04. The van der Waals surface area contributed by atoms with E-state index in [1.807, 2.05) is 24.3 Å². The molecule has 0 spiro atoms. The van der Waals surface area contributed by atoms with E-state index >= 15 is 0 Å². The average Bonchev–Trinajstić information content (AvgIpc) is 3.36. The minimum atomic E-state index is -0.540. The van der Waals surface area contributed by atoms with Gasteiger partial charge in [-0.05, 0) is 30.5 Å². The third-order valence-corrected chi connectivity index (χ3v) is 5.17. The van der Waals surface area contributed by atoms with Crippen LogP contribution in [0, 0.1) is 0 Å². The first-order chi connectivity index (χ1) is 13.6. The van der Waals surface area contributed by atoms with Crippen LogP contribution in [0.5, 0.6) is 0 Å². The molecule has 0 unspecified atom stereocenters. The van der Waals surface area contributed by atoms with Gasteiger partial charge in [-0.15, -0.1) is 0 Å². The Bertz CT molecular complexity index is 1020. The van der Waals surface area contributed by atoms with Gasteiger partial charge in [0.15, 0.2) is 5.58 Å². The van der Waals surface area contributed by atoms with Crippen LogP contribution < -0.4 is 16.4 Å². The number of hydrogen-bond acceptors (Lipinski definition) is 4. The molecule has 1 saturated carbocycles. The van der Waals surface area contributed by atoms with E-state index in [0.717, 1.165) is 36.8 Å². The number of hydrogen-bond donors (Lipinski definition) is 3. The van der Waals surface area contributed by atoms with Crippen LogP contribution >= 0.6 is 0 Å². The van der Waals surface area contributed by atoms with E-state index in [0.29, 0.717) is 28.8 Å². The smallest absolute Gasteiger partial charge is 0.315 e. The lowest BCUT2D eigenvalue weighted by Crippen LogP contribution is -2.40. The molecule has 7 heteroatoms. The third kappa shape index (κ3) is 3.55. The highest BCUT2D eigenvalue weighted by Crippen LogP contribution is 2.32. The molecule has 0 radical (unpaired) electrons. The molecule has 1 fully saturated rings. The second-order valence-corrected chi connectivity index (χ2v) is 7.04. The summed E-state index contributed by atoms with van der Waals surface area (Å²) in [5.74, 6) is -0.540. The molecule has 28 heavy (non-hydrogen) atoms. The largest absolute Gasteiger partial charge is 0.366 e. The molecule has 3 aromatic rings. The van der Waals surface area contributed by atoms with Gasteiger partial charge in [0.05, 0.1) is 10.9 Å². The summed E-state index contributed by atoms with van der Waals surface area (Å²) in [6, 6.07) is 12.8. The highest BCUT2D eigenvalue weighted by molar-refractivity contribution is 6.09. The van der Waals surface area contributed by atoms with Crippen molar-refractivity contribution in [1.29, 1.82) is 0 Å². The lowest BCUT2D eigenvalue weighted by molar-refractivity contribution is 0.100. The Labute approximate surface area is 162 Å². The fourth-order valence-electron chi connectivity index (χ4n) is 3.77. The van der Waals surface area contributed by atoms with Crippen LogP contribution in [0.25, 0.3) is 22.2 Å². The first-order valence-corrected chi connectivity index (χ1v) is 9.44. The quantitative estimate of drug-likeness (QED) is 0.632. The zero-order valence-corrected chi connectivity index (χ0v) is 15.4. The maximum Gasteiger partial charge on any atom is 0.315 e. The Kier molecular flexibility index (Phi) is 4.97. The van der Waals surface area contributed by atoms with Crippen molar-refractivity contribution in [1.82, 2.24) is 15.8 Å². The number of rotatable bonds is 5. The summed E-state index contributed by atoms with van der Waals surface area (Å²) in [7, 11) is 0. The van der Waals surface area contributed by atoms with E-state index in [-0.39, 0.29) is 12.1 Å². The number of nitrogens with one attached hydrogen (secondary N) is 2. The fourth-order valence-corrected chi connectivity index (χ4v) is 3.77. The summed E-state index contributed by atoms with van der Waals surface area (Å²) in [5.41, 5.74) is 8.58. The summed E-state index contributed by atoms with van der Waals surface area (Å²) in [4.78, 5) is 24.1. The zero-order chi connectivity index (χ0) is 19.5. The van der Waals surface area contributed by atoms with Gasteiger partial charge < -0.3 is 20.9 Å². The number of fused-ring (bicyclic) bond motifs is 1. The number of carbonyl (C=O) groups is 2. The monoisotopic (exact) mass is 378 g/mol. The normalized spacial score (nSPS) is 14.3. The molecule has 144 valence electrons. The first kappa shape index (κ1) is 18.0. The van der Waals surface area contributed by atoms with Gasteiger partial charge in [0.1, 0.15) is 5.69 Å². The zero-order valence-electron chi connectivity index (χ0n) is 15.4. The summed E-state index contributed by atoms with van der Waals surface area (Å²) in [6.07, 6.45) is 4.39. The van der Waals surface area contributed by atoms with E-state index < -0.39 is 5.91 Å². The van der Waals surface area contributed by atoms with Gasteiger partial charge in [0.2, 0.25) is 5.91 Å². The number of amides is 3. The number of carbonyl (C=O) groups excluding carboxylic acids is 2. The van der Waals surface area contributed by atoms with E-state index in [1.54, 1.807) is 18.2 Å². The topological polar surface area (TPSA) is 110 Å². The molecule has 4 N–H and O–H groups in total. The molecular weight excluding hydrogens is 356 g/mol. The summed E-state index contributed by atoms with van der Waals surface area (Å²) in [6.45, 7) is 0.335. The Balaban J connectivity index is 1.61. The van der Waals surface area contributed by atoms with Gasteiger partial charge in [0, 0.05) is 18.2 Å². The summed E-state index contributed by atoms with van der Waals surface area (Å²) >= 11 is 0. The van der Waals surface area contributed by atoms with Crippen molar-refractivity contribution >= 4 is 22.9 Å². The van der Waals surface area contributed by atoms with Crippen molar-refractivity contribution < 1.29 is 14.1 Å². The lowest BCUT2D eigenvalue weighted by atomic mass is 9.99. The predicted octanol–water partition coefficient (Wildman–Crippen LogP) is 3.34. The third-order valence-electron chi connectivity index (χ3n) is 5.17. The van der Waals surface area contributed by atoms with Crippen LogP contribution in [0.3, 0.4) is 0 Å². The molecule has 0 saturated heterocycles. The van der Waals surface area contributed by atoms with Crippen molar-refractivity contribution in [2.75, 3.05) is 0 Å². The van der Waals surface area contributed by atoms with Crippen LogP contribution in [0.2, 0.25) is 0 Å². The van der Waals surface area contributed by atoms with Crippen molar-refractivity contribution in [3.8, 4) is 11.3 Å². The molecule has 1 heterocycles. The van der Waals surface area contributed by atoms with E-state index in [1.165, 1.54) is 0 Å². The van der Waals surface area contributed by atoms with Gasteiger partial charge in [-0.2, -0.15) is 0 Å². The van der Waals surface area contributed by atoms with E-state index in [2.05, 4.69) is 15.8 Å². The molecule has 4 rings (SSSR count). The van der Waals surface area contributed by atoms with Crippen LogP contribution in [-0.2, 0) is 6.54 Å². The summed E-state index contributed by atoms with van der Waals surface area (Å²) < 4.78 is 5.41. The first-order valence-electron chi connectivity index (χ1n) is 9.44. The Hall–Kier alpha value is -3.35. The molecule has 0 aliphatic heterocycles. The number of aromatic nitrogens is 1. The maximum atomic E-state index is 12.2. The van der Waals surface area contributed by atoms with Gasteiger partial charge in [-0.3, -0.25) is 4.79 Å². The van der Waals surface area contributed by atoms with E-state index in [9.17, 15) is 9.59 Å². The van der Waals surface area contributed by atoms with E-state index in [4.69, 9.17) is 10.3 Å². The van der Waals surface area contributed by atoms with Gasteiger partial charge in [-0.1, -0.05) is 48.3 Å². The Morgan fingerprint density at radius 3 is 2.68 bits per heavy atom. The standard InChI is InChI=1S/C21H22N4O3/c22-20(26)16-10-5-11-17-18(16)19(25-28-17)15-9-4-1-6-13(15)12-23-21(27)24-14-7-2-3-8-14/h1,4-6,9-11,14H,2-3,7-8,12H2,(H2,22,26)(H2,23,24,27). The van der Waals surface area contributed by atoms with Crippen LogP contribution in [-0.4, -0.2) is 23.1 Å². The van der Waals surface area contributed by atoms with Crippen LogP contribution in [0.1, 0.15) is 41.6 Å². The highest BCUT2D eigenvalue weighted by Gasteiger charge is 2.20.